The Kier molecular flexibility index (Phi) is 7.21. The number of amides is 1. The first kappa shape index (κ1) is 25.2. The SMILES string of the molecule is COc1ccc(CNc2nc(C)nc(N[C@@H](C)c3cc4cccc(C)c4nc3N3CCNC(=O)C3)n2)cc1. The molecule has 10 nitrogen and oxygen atoms in total. The zero-order valence-corrected chi connectivity index (χ0v) is 22.1. The van der Waals surface area contributed by atoms with Crippen LogP contribution in [0.15, 0.2) is 48.5 Å². The van der Waals surface area contributed by atoms with E-state index in [0.717, 1.165) is 39.2 Å². The fourth-order valence-electron chi connectivity index (χ4n) is 4.57. The van der Waals surface area contributed by atoms with Crippen LogP contribution in [0.2, 0.25) is 0 Å². The Morgan fingerprint density at radius 3 is 2.61 bits per heavy atom. The van der Waals surface area contributed by atoms with Gasteiger partial charge in [0, 0.05) is 30.6 Å². The first-order chi connectivity index (χ1) is 18.4. The summed E-state index contributed by atoms with van der Waals surface area (Å²) >= 11 is 0. The molecule has 1 saturated heterocycles. The number of hydrogen-bond donors (Lipinski definition) is 3. The second-order valence-corrected chi connectivity index (χ2v) is 9.42. The van der Waals surface area contributed by atoms with Crippen LogP contribution < -0.4 is 25.6 Å². The molecule has 0 radical (unpaired) electrons. The molecule has 38 heavy (non-hydrogen) atoms. The molecule has 2 aromatic heterocycles. The maximum Gasteiger partial charge on any atom is 0.239 e. The number of piperazine rings is 1. The lowest BCUT2D eigenvalue weighted by atomic mass is 10.0. The van der Waals surface area contributed by atoms with Gasteiger partial charge in [-0.3, -0.25) is 4.79 Å². The Labute approximate surface area is 221 Å². The third-order valence-corrected chi connectivity index (χ3v) is 6.56. The minimum absolute atomic E-state index is 0.00448. The number of para-hydroxylation sites is 1. The van der Waals surface area contributed by atoms with Crippen molar-refractivity contribution in [1.82, 2.24) is 25.3 Å². The lowest BCUT2D eigenvalue weighted by Crippen LogP contribution is -2.48. The number of fused-ring (bicyclic) bond motifs is 1. The number of aromatic nitrogens is 4. The number of nitrogens with one attached hydrogen (secondary N) is 3. The number of methoxy groups -OCH3 is 1. The Balaban J connectivity index is 1.40. The predicted octanol–water partition coefficient (Wildman–Crippen LogP) is 3.77. The highest BCUT2D eigenvalue weighted by Crippen LogP contribution is 2.31. The molecule has 1 aliphatic heterocycles. The number of carbonyl (C=O) groups excluding carboxylic acids is 1. The van der Waals surface area contributed by atoms with Crippen LogP contribution in [0, 0.1) is 13.8 Å². The topological polar surface area (TPSA) is 117 Å². The number of ether oxygens (including phenoxy) is 1. The molecule has 1 atom stereocenters. The van der Waals surface area contributed by atoms with E-state index in [0.29, 0.717) is 37.4 Å². The lowest BCUT2D eigenvalue weighted by molar-refractivity contribution is -0.120. The van der Waals surface area contributed by atoms with Crippen molar-refractivity contribution in [3.05, 3.63) is 71.0 Å². The van der Waals surface area contributed by atoms with Crippen LogP contribution >= 0.6 is 0 Å². The summed E-state index contributed by atoms with van der Waals surface area (Å²) < 4.78 is 5.23. The minimum atomic E-state index is -0.177. The standard InChI is InChI=1S/C28H32N8O2/c1-17-6-5-7-21-14-23(26(34-25(17)21)36-13-12-29-24(37)16-36)18(2)31-28-33-19(3)32-27(35-28)30-15-20-8-10-22(38-4)11-9-20/h5-11,14,18H,12-13,15-16H2,1-4H3,(H,29,37)(H2,30,31,32,33,35)/t18-/m0/s1. The number of rotatable bonds is 8. The zero-order chi connectivity index (χ0) is 26.6. The van der Waals surface area contributed by atoms with Gasteiger partial charge in [-0.05, 0) is 50.1 Å². The molecular formula is C28H32N8O2. The number of benzene rings is 2. The van der Waals surface area contributed by atoms with Crippen molar-refractivity contribution in [2.45, 2.75) is 33.4 Å². The van der Waals surface area contributed by atoms with Gasteiger partial charge in [-0.25, -0.2) is 4.98 Å². The van der Waals surface area contributed by atoms with Crippen molar-refractivity contribution in [3.8, 4) is 5.75 Å². The van der Waals surface area contributed by atoms with Gasteiger partial charge in [0.2, 0.25) is 17.8 Å². The number of anilines is 3. The Morgan fingerprint density at radius 1 is 1.05 bits per heavy atom. The maximum absolute atomic E-state index is 12.2. The van der Waals surface area contributed by atoms with Crippen molar-refractivity contribution in [1.29, 1.82) is 0 Å². The molecule has 0 spiro atoms. The molecular weight excluding hydrogens is 480 g/mol. The maximum atomic E-state index is 12.2. The van der Waals surface area contributed by atoms with Crippen LogP contribution in [0.5, 0.6) is 5.75 Å². The van der Waals surface area contributed by atoms with E-state index < -0.39 is 0 Å². The number of hydrogen-bond acceptors (Lipinski definition) is 9. The molecule has 1 fully saturated rings. The van der Waals surface area contributed by atoms with Crippen LogP contribution in [-0.4, -0.2) is 52.6 Å². The molecule has 10 heteroatoms. The lowest BCUT2D eigenvalue weighted by Gasteiger charge is -2.31. The average molecular weight is 513 g/mol. The van der Waals surface area contributed by atoms with Crippen molar-refractivity contribution in [3.63, 3.8) is 0 Å². The van der Waals surface area contributed by atoms with Gasteiger partial charge < -0.3 is 25.6 Å². The third kappa shape index (κ3) is 5.59. The Hall–Kier alpha value is -4.47. The highest BCUT2D eigenvalue weighted by atomic mass is 16.5. The molecule has 4 aromatic rings. The van der Waals surface area contributed by atoms with Crippen LogP contribution in [0.25, 0.3) is 10.9 Å². The van der Waals surface area contributed by atoms with Crippen LogP contribution in [-0.2, 0) is 11.3 Å². The smallest absolute Gasteiger partial charge is 0.239 e. The first-order valence-electron chi connectivity index (χ1n) is 12.7. The van der Waals surface area contributed by atoms with E-state index in [9.17, 15) is 4.79 Å². The Bertz CT molecular complexity index is 1460. The van der Waals surface area contributed by atoms with Crippen molar-refractivity contribution >= 4 is 34.5 Å². The van der Waals surface area contributed by atoms with Crippen LogP contribution in [0.4, 0.5) is 17.7 Å². The second-order valence-electron chi connectivity index (χ2n) is 9.42. The van der Waals surface area contributed by atoms with Gasteiger partial charge in [-0.15, -0.1) is 0 Å². The minimum Gasteiger partial charge on any atom is -0.497 e. The van der Waals surface area contributed by atoms with Gasteiger partial charge in [0.1, 0.15) is 17.4 Å². The molecule has 3 N–H and O–H groups in total. The summed E-state index contributed by atoms with van der Waals surface area (Å²) in [5, 5.41) is 10.7. The fraction of sp³-hybridized carbons (Fsp3) is 0.321. The van der Waals surface area contributed by atoms with Gasteiger partial charge in [-0.1, -0.05) is 30.3 Å². The molecule has 0 bridgehead atoms. The van der Waals surface area contributed by atoms with Gasteiger partial charge in [0.15, 0.2) is 0 Å². The summed E-state index contributed by atoms with van der Waals surface area (Å²) in [5.41, 5.74) is 4.09. The van der Waals surface area contributed by atoms with E-state index in [-0.39, 0.29) is 18.5 Å². The van der Waals surface area contributed by atoms with Gasteiger partial charge in [-0.2, -0.15) is 15.0 Å². The molecule has 0 aliphatic carbocycles. The molecule has 2 aromatic carbocycles. The highest BCUT2D eigenvalue weighted by Gasteiger charge is 2.24. The summed E-state index contributed by atoms with van der Waals surface area (Å²) in [6.07, 6.45) is 0. The van der Waals surface area contributed by atoms with Crippen molar-refractivity contribution in [2.75, 3.05) is 42.3 Å². The van der Waals surface area contributed by atoms with Crippen LogP contribution in [0.1, 0.15) is 35.5 Å². The largest absolute Gasteiger partial charge is 0.497 e. The zero-order valence-electron chi connectivity index (χ0n) is 22.1. The number of pyridine rings is 1. The molecule has 0 saturated carbocycles. The highest BCUT2D eigenvalue weighted by molar-refractivity contribution is 5.87. The second kappa shape index (κ2) is 10.9. The van der Waals surface area contributed by atoms with Gasteiger partial charge in [0.25, 0.3) is 0 Å². The van der Waals surface area contributed by atoms with E-state index in [4.69, 9.17) is 9.72 Å². The quantitative estimate of drug-likeness (QED) is 0.324. The summed E-state index contributed by atoms with van der Waals surface area (Å²) in [5.74, 6) is 3.16. The van der Waals surface area contributed by atoms with Gasteiger partial charge in [0.05, 0.1) is 25.2 Å². The molecule has 196 valence electrons. The molecule has 5 rings (SSSR count). The molecule has 1 aliphatic rings. The third-order valence-electron chi connectivity index (χ3n) is 6.56. The summed E-state index contributed by atoms with van der Waals surface area (Å²) in [6.45, 7) is 8.07. The van der Waals surface area contributed by atoms with Crippen LogP contribution in [0.3, 0.4) is 0 Å². The monoisotopic (exact) mass is 512 g/mol. The van der Waals surface area contributed by atoms with Crippen molar-refractivity contribution in [2.24, 2.45) is 0 Å². The summed E-state index contributed by atoms with van der Waals surface area (Å²) in [7, 11) is 1.65. The molecule has 1 amide bonds. The van der Waals surface area contributed by atoms with E-state index in [1.165, 1.54) is 0 Å². The molecule has 3 heterocycles. The van der Waals surface area contributed by atoms with E-state index in [1.807, 2.05) is 42.2 Å². The fourth-order valence-corrected chi connectivity index (χ4v) is 4.57. The predicted molar refractivity (Wildman–Crippen MR) is 149 cm³/mol. The number of carbonyl (C=O) groups is 1. The first-order valence-corrected chi connectivity index (χ1v) is 12.7. The van der Waals surface area contributed by atoms with E-state index in [1.54, 1.807) is 7.11 Å². The van der Waals surface area contributed by atoms with E-state index >= 15 is 0 Å². The summed E-state index contributed by atoms with van der Waals surface area (Å²) in [4.78, 5) is 32.8. The number of aryl methyl sites for hydroxylation is 2. The van der Waals surface area contributed by atoms with Gasteiger partial charge >= 0.3 is 0 Å². The Morgan fingerprint density at radius 2 is 1.84 bits per heavy atom. The summed E-state index contributed by atoms with van der Waals surface area (Å²) in [6, 6.07) is 16.0. The van der Waals surface area contributed by atoms with E-state index in [2.05, 4.69) is 62.9 Å². The number of nitrogens with zero attached hydrogens (tertiary/aromatic N) is 5. The average Bonchev–Trinajstić information content (AvgIpc) is 2.91. The van der Waals surface area contributed by atoms with Crippen molar-refractivity contribution < 1.29 is 9.53 Å². The normalized spacial score (nSPS) is 14.2. The molecule has 0 unspecified atom stereocenters.